The van der Waals surface area contributed by atoms with E-state index in [1.165, 1.54) is 0 Å². The molecule has 2 saturated heterocycles. The lowest BCUT2D eigenvalue weighted by atomic mass is 10.1. The topological polar surface area (TPSA) is 121 Å². The SMILES string of the molecule is O=C(O)CN(C(=O)[C@H]1CCC(=O)N1)C1CCS(=O)(=O)C1. The molecule has 0 spiro atoms. The molecule has 2 atom stereocenters. The molecule has 1 unspecified atom stereocenters. The molecule has 20 heavy (non-hydrogen) atoms. The smallest absolute Gasteiger partial charge is 0.323 e. The van der Waals surface area contributed by atoms with E-state index in [0.29, 0.717) is 6.42 Å². The average Bonchev–Trinajstić information content (AvgIpc) is 2.91. The van der Waals surface area contributed by atoms with Gasteiger partial charge in [0, 0.05) is 12.5 Å². The molecule has 0 aromatic rings. The maximum absolute atomic E-state index is 12.3. The maximum Gasteiger partial charge on any atom is 0.323 e. The molecule has 0 saturated carbocycles. The fraction of sp³-hybridized carbons (Fsp3) is 0.727. The van der Waals surface area contributed by atoms with Crippen LogP contribution in [0.4, 0.5) is 0 Å². The molecule has 0 aromatic heterocycles. The average molecular weight is 304 g/mol. The van der Waals surface area contributed by atoms with Crippen molar-refractivity contribution in [2.24, 2.45) is 0 Å². The van der Waals surface area contributed by atoms with Gasteiger partial charge in [0.2, 0.25) is 11.8 Å². The van der Waals surface area contributed by atoms with Crippen molar-refractivity contribution in [2.75, 3.05) is 18.1 Å². The van der Waals surface area contributed by atoms with Crippen LogP contribution in [0.25, 0.3) is 0 Å². The first-order valence-corrected chi connectivity index (χ1v) is 8.13. The van der Waals surface area contributed by atoms with Gasteiger partial charge >= 0.3 is 5.97 Å². The van der Waals surface area contributed by atoms with Gasteiger partial charge in [0.15, 0.2) is 9.84 Å². The van der Waals surface area contributed by atoms with Gasteiger partial charge in [-0.25, -0.2) is 8.42 Å². The minimum atomic E-state index is -3.22. The van der Waals surface area contributed by atoms with Crippen molar-refractivity contribution in [3.05, 3.63) is 0 Å². The van der Waals surface area contributed by atoms with E-state index in [1.807, 2.05) is 0 Å². The van der Waals surface area contributed by atoms with Gasteiger partial charge in [-0.1, -0.05) is 0 Å². The summed E-state index contributed by atoms with van der Waals surface area (Å²) in [4.78, 5) is 35.4. The molecule has 112 valence electrons. The van der Waals surface area contributed by atoms with Crippen molar-refractivity contribution in [3.8, 4) is 0 Å². The predicted octanol–water partition coefficient (Wildman–Crippen LogP) is -1.63. The van der Waals surface area contributed by atoms with Gasteiger partial charge in [-0.2, -0.15) is 0 Å². The highest BCUT2D eigenvalue weighted by Crippen LogP contribution is 2.20. The molecule has 8 nitrogen and oxygen atoms in total. The number of carboxylic acids is 1. The first-order valence-electron chi connectivity index (χ1n) is 6.30. The monoisotopic (exact) mass is 304 g/mol. The largest absolute Gasteiger partial charge is 0.480 e. The number of hydrogen-bond acceptors (Lipinski definition) is 5. The Morgan fingerprint density at radius 2 is 2.05 bits per heavy atom. The molecule has 0 aromatic carbocycles. The molecule has 0 bridgehead atoms. The molecular formula is C11H16N2O6S. The van der Waals surface area contributed by atoms with Crippen LogP contribution >= 0.6 is 0 Å². The highest BCUT2D eigenvalue weighted by molar-refractivity contribution is 7.91. The number of carboxylic acid groups (broad SMARTS) is 1. The van der Waals surface area contributed by atoms with Gasteiger partial charge in [0.05, 0.1) is 11.5 Å². The lowest BCUT2D eigenvalue weighted by Gasteiger charge is -2.28. The number of hydrogen-bond donors (Lipinski definition) is 2. The molecule has 2 fully saturated rings. The number of carbonyl (C=O) groups excluding carboxylic acids is 2. The van der Waals surface area contributed by atoms with Gasteiger partial charge in [-0.05, 0) is 12.8 Å². The normalized spacial score (nSPS) is 28.1. The van der Waals surface area contributed by atoms with E-state index in [4.69, 9.17) is 5.11 Å². The van der Waals surface area contributed by atoms with E-state index in [2.05, 4.69) is 5.32 Å². The number of nitrogens with one attached hydrogen (secondary N) is 1. The Kier molecular flexibility index (Phi) is 3.98. The van der Waals surface area contributed by atoms with Crippen molar-refractivity contribution in [2.45, 2.75) is 31.3 Å². The molecule has 0 radical (unpaired) electrons. The van der Waals surface area contributed by atoms with Crippen molar-refractivity contribution in [1.82, 2.24) is 10.2 Å². The van der Waals surface area contributed by atoms with Crippen LogP contribution in [0.2, 0.25) is 0 Å². The zero-order chi connectivity index (χ0) is 14.9. The Bertz CT molecular complexity index is 543. The van der Waals surface area contributed by atoms with Gasteiger partial charge in [0.1, 0.15) is 12.6 Å². The molecular weight excluding hydrogens is 288 g/mol. The fourth-order valence-electron chi connectivity index (χ4n) is 2.55. The second-order valence-electron chi connectivity index (χ2n) is 5.08. The van der Waals surface area contributed by atoms with Crippen LogP contribution < -0.4 is 5.32 Å². The summed E-state index contributed by atoms with van der Waals surface area (Å²) in [5.74, 6) is -2.23. The Hall–Kier alpha value is -1.64. The summed E-state index contributed by atoms with van der Waals surface area (Å²) in [5.41, 5.74) is 0. The summed E-state index contributed by atoms with van der Waals surface area (Å²) in [6.45, 7) is -0.550. The molecule has 0 aliphatic carbocycles. The minimum absolute atomic E-state index is 0.0436. The molecule has 2 aliphatic heterocycles. The Morgan fingerprint density at radius 3 is 2.50 bits per heavy atom. The van der Waals surface area contributed by atoms with Crippen LogP contribution in [0, 0.1) is 0 Å². The highest BCUT2D eigenvalue weighted by Gasteiger charge is 2.39. The summed E-state index contributed by atoms with van der Waals surface area (Å²) in [6.07, 6.45) is 0.773. The summed E-state index contributed by atoms with van der Waals surface area (Å²) in [5, 5.41) is 11.4. The molecule has 2 amide bonds. The number of aliphatic carboxylic acids is 1. The first kappa shape index (κ1) is 14.8. The lowest BCUT2D eigenvalue weighted by molar-refractivity contribution is -0.146. The second kappa shape index (κ2) is 5.39. The third-order valence-corrected chi connectivity index (χ3v) is 5.28. The summed E-state index contributed by atoms with van der Waals surface area (Å²) >= 11 is 0. The number of carbonyl (C=O) groups is 3. The van der Waals surface area contributed by atoms with Crippen LogP contribution in [0.3, 0.4) is 0 Å². The molecule has 2 N–H and O–H groups in total. The fourth-order valence-corrected chi connectivity index (χ4v) is 4.28. The minimum Gasteiger partial charge on any atom is -0.480 e. The standard InChI is InChI=1S/C11H16N2O6S/c14-9-2-1-8(12-9)11(17)13(5-10(15)16)7-3-4-20(18,19)6-7/h7-8H,1-6H2,(H,12,14)(H,15,16)/t7?,8-/m1/s1. The van der Waals surface area contributed by atoms with Crippen molar-refractivity contribution in [3.63, 3.8) is 0 Å². The highest BCUT2D eigenvalue weighted by atomic mass is 32.2. The molecule has 2 rings (SSSR count). The van der Waals surface area contributed by atoms with Crippen molar-refractivity contribution >= 4 is 27.6 Å². The summed E-state index contributed by atoms with van der Waals surface area (Å²) < 4.78 is 22.9. The van der Waals surface area contributed by atoms with Crippen molar-refractivity contribution in [1.29, 1.82) is 0 Å². The lowest BCUT2D eigenvalue weighted by Crippen LogP contribution is -2.51. The zero-order valence-corrected chi connectivity index (χ0v) is 11.6. The van der Waals surface area contributed by atoms with Gasteiger partial charge in [-0.15, -0.1) is 0 Å². The van der Waals surface area contributed by atoms with Gasteiger partial charge < -0.3 is 15.3 Å². The number of sulfone groups is 1. The first-order chi connectivity index (χ1) is 9.28. The van der Waals surface area contributed by atoms with Crippen LogP contribution in [0.1, 0.15) is 19.3 Å². The second-order valence-corrected chi connectivity index (χ2v) is 7.30. The van der Waals surface area contributed by atoms with Gasteiger partial charge in [-0.3, -0.25) is 14.4 Å². The van der Waals surface area contributed by atoms with E-state index in [1.54, 1.807) is 0 Å². The Morgan fingerprint density at radius 1 is 1.35 bits per heavy atom. The summed E-state index contributed by atoms with van der Waals surface area (Å²) in [7, 11) is -3.22. The van der Waals surface area contributed by atoms with Crippen LogP contribution in [0.5, 0.6) is 0 Å². The maximum atomic E-state index is 12.3. The Balaban J connectivity index is 2.13. The molecule has 2 aliphatic rings. The summed E-state index contributed by atoms with van der Waals surface area (Å²) in [6, 6.07) is -1.37. The number of nitrogens with zero attached hydrogens (tertiary/aromatic N) is 1. The molecule has 2 heterocycles. The van der Waals surface area contributed by atoms with Crippen LogP contribution in [0.15, 0.2) is 0 Å². The van der Waals surface area contributed by atoms with Crippen LogP contribution in [-0.2, 0) is 24.2 Å². The van der Waals surface area contributed by atoms with E-state index in [-0.39, 0.29) is 30.3 Å². The predicted molar refractivity (Wildman–Crippen MR) is 67.6 cm³/mol. The van der Waals surface area contributed by atoms with Crippen LogP contribution in [-0.4, -0.2) is 66.3 Å². The van der Waals surface area contributed by atoms with Gasteiger partial charge in [0.25, 0.3) is 0 Å². The quantitative estimate of drug-likeness (QED) is 0.643. The number of amides is 2. The zero-order valence-electron chi connectivity index (χ0n) is 10.7. The van der Waals surface area contributed by atoms with E-state index >= 15 is 0 Å². The number of rotatable bonds is 4. The third-order valence-electron chi connectivity index (χ3n) is 3.53. The van der Waals surface area contributed by atoms with E-state index < -0.39 is 40.3 Å². The van der Waals surface area contributed by atoms with Crippen molar-refractivity contribution < 1.29 is 27.9 Å². The Labute approximate surface area is 116 Å². The molecule has 9 heteroatoms. The third kappa shape index (κ3) is 3.27. The van der Waals surface area contributed by atoms with E-state index in [0.717, 1.165) is 4.90 Å². The van der Waals surface area contributed by atoms with E-state index in [9.17, 15) is 22.8 Å².